The number of ether oxygens (including phenoxy) is 1. The number of anilines is 2. The van der Waals surface area contributed by atoms with Gasteiger partial charge in [0.1, 0.15) is 0 Å². The molecule has 0 unspecified atom stereocenters. The Labute approximate surface area is 158 Å². The highest BCUT2D eigenvalue weighted by atomic mass is 16.5. The molecule has 0 radical (unpaired) electrons. The van der Waals surface area contributed by atoms with Crippen molar-refractivity contribution in [1.82, 2.24) is 0 Å². The predicted molar refractivity (Wildman–Crippen MR) is 106 cm³/mol. The van der Waals surface area contributed by atoms with Crippen molar-refractivity contribution in [3.63, 3.8) is 0 Å². The van der Waals surface area contributed by atoms with Crippen molar-refractivity contribution in [2.75, 3.05) is 23.9 Å². The number of hydrogen-bond acceptors (Lipinski definition) is 4. The van der Waals surface area contributed by atoms with Crippen LogP contribution in [0.4, 0.5) is 11.4 Å². The van der Waals surface area contributed by atoms with Crippen LogP contribution in [0.5, 0.6) is 0 Å². The zero-order chi connectivity index (χ0) is 19.8. The Morgan fingerprint density at radius 3 is 2.52 bits per heavy atom. The van der Waals surface area contributed by atoms with E-state index in [1.54, 1.807) is 43.1 Å². The minimum Gasteiger partial charge on any atom is -0.466 e. The van der Waals surface area contributed by atoms with Crippen LogP contribution in [0.25, 0.3) is 0 Å². The van der Waals surface area contributed by atoms with Crippen molar-refractivity contribution in [1.29, 1.82) is 5.41 Å². The molecule has 27 heavy (non-hydrogen) atoms. The molecule has 0 bridgehead atoms. The minimum atomic E-state index is -0.215. The van der Waals surface area contributed by atoms with Crippen molar-refractivity contribution < 1.29 is 14.3 Å². The first kappa shape index (κ1) is 20.0. The van der Waals surface area contributed by atoms with Crippen molar-refractivity contribution in [2.45, 2.75) is 19.8 Å². The molecule has 0 saturated carbocycles. The molecule has 0 aromatic heterocycles. The molecule has 2 aromatic carbocycles. The molecule has 2 rings (SSSR count). The number of guanidine groups is 1. The molecule has 7 heteroatoms. The third kappa shape index (κ3) is 5.85. The zero-order valence-corrected chi connectivity index (χ0v) is 15.5. The Morgan fingerprint density at radius 2 is 1.89 bits per heavy atom. The van der Waals surface area contributed by atoms with Crippen LogP contribution >= 0.6 is 0 Å². The molecule has 1 amide bonds. The number of carbonyl (C=O) groups is 2. The number of carbonyl (C=O) groups excluding carboxylic acids is 2. The minimum absolute atomic E-state index is 0.179. The predicted octanol–water partition coefficient (Wildman–Crippen LogP) is 2.76. The molecule has 0 aliphatic rings. The molecule has 0 aliphatic carbocycles. The average molecular weight is 368 g/mol. The van der Waals surface area contributed by atoms with E-state index in [0.717, 1.165) is 11.3 Å². The highest BCUT2D eigenvalue weighted by molar-refractivity contribution is 6.06. The van der Waals surface area contributed by atoms with Gasteiger partial charge in [-0.15, -0.1) is 0 Å². The first-order chi connectivity index (χ1) is 12.9. The summed E-state index contributed by atoms with van der Waals surface area (Å²) in [6.07, 6.45) is 0.924. The summed E-state index contributed by atoms with van der Waals surface area (Å²) in [7, 11) is 1.70. The maximum atomic E-state index is 12.7. The Balaban J connectivity index is 2.04. The molecule has 0 spiro atoms. The summed E-state index contributed by atoms with van der Waals surface area (Å²) in [5.74, 6) is -0.583. The second kappa shape index (κ2) is 9.38. The lowest BCUT2D eigenvalue weighted by molar-refractivity contribution is -0.143. The lowest BCUT2D eigenvalue weighted by atomic mass is 10.1. The van der Waals surface area contributed by atoms with E-state index in [-0.39, 0.29) is 17.8 Å². The van der Waals surface area contributed by atoms with E-state index in [9.17, 15) is 9.59 Å². The van der Waals surface area contributed by atoms with E-state index >= 15 is 0 Å². The van der Waals surface area contributed by atoms with E-state index in [0.29, 0.717) is 30.7 Å². The number of amides is 1. The summed E-state index contributed by atoms with van der Waals surface area (Å²) >= 11 is 0. The zero-order valence-electron chi connectivity index (χ0n) is 15.5. The van der Waals surface area contributed by atoms with Crippen molar-refractivity contribution >= 4 is 29.2 Å². The summed E-state index contributed by atoms with van der Waals surface area (Å²) in [5, 5.41) is 9.95. The number of nitrogens with one attached hydrogen (secondary N) is 2. The monoisotopic (exact) mass is 368 g/mol. The standard InChI is InChI=1S/C20H24N4O3/c1-3-27-18(25)12-9-14-7-10-17(11-8-14)24(2)19(26)15-5-4-6-16(13-15)23-20(21)22/h4-8,10-11,13H,3,9,12H2,1-2H3,(H4,21,22,23). The summed E-state index contributed by atoms with van der Waals surface area (Å²) < 4.78 is 4.92. The number of aryl methyl sites for hydroxylation is 1. The lowest BCUT2D eigenvalue weighted by Gasteiger charge is -2.18. The third-order valence-corrected chi connectivity index (χ3v) is 3.94. The van der Waals surface area contributed by atoms with Crippen LogP contribution in [0.15, 0.2) is 48.5 Å². The van der Waals surface area contributed by atoms with Gasteiger partial charge in [0, 0.05) is 30.4 Å². The topological polar surface area (TPSA) is 109 Å². The Hall–Kier alpha value is -3.35. The quantitative estimate of drug-likeness (QED) is 0.396. The van der Waals surface area contributed by atoms with Gasteiger partial charge in [-0.3, -0.25) is 15.0 Å². The fourth-order valence-electron chi connectivity index (χ4n) is 2.56. The van der Waals surface area contributed by atoms with E-state index in [1.165, 1.54) is 0 Å². The number of esters is 1. The molecule has 0 aliphatic heterocycles. The largest absolute Gasteiger partial charge is 0.466 e. The van der Waals surface area contributed by atoms with Gasteiger partial charge in [0.25, 0.3) is 5.91 Å². The van der Waals surface area contributed by atoms with Crippen molar-refractivity contribution in [2.24, 2.45) is 5.73 Å². The van der Waals surface area contributed by atoms with Gasteiger partial charge in [-0.05, 0) is 49.2 Å². The van der Waals surface area contributed by atoms with E-state index < -0.39 is 0 Å². The SMILES string of the molecule is CCOC(=O)CCc1ccc(N(C)C(=O)c2cccc(NC(=N)N)c2)cc1. The normalized spacial score (nSPS) is 10.1. The first-order valence-electron chi connectivity index (χ1n) is 8.64. The van der Waals surface area contributed by atoms with Gasteiger partial charge < -0.3 is 20.7 Å². The van der Waals surface area contributed by atoms with Crippen LogP contribution in [0.3, 0.4) is 0 Å². The van der Waals surface area contributed by atoms with Crippen LogP contribution in [0.2, 0.25) is 0 Å². The summed E-state index contributed by atoms with van der Waals surface area (Å²) in [6.45, 7) is 2.17. The molecule has 7 nitrogen and oxygen atoms in total. The van der Waals surface area contributed by atoms with Crippen LogP contribution < -0.4 is 16.0 Å². The molecular formula is C20H24N4O3. The Morgan fingerprint density at radius 1 is 1.19 bits per heavy atom. The summed E-state index contributed by atoms with van der Waals surface area (Å²) in [6, 6.07) is 14.3. The molecule has 0 fully saturated rings. The van der Waals surface area contributed by atoms with Gasteiger partial charge in [0.2, 0.25) is 0 Å². The van der Waals surface area contributed by atoms with Gasteiger partial charge in [-0.2, -0.15) is 0 Å². The number of nitrogens with two attached hydrogens (primary N) is 1. The number of hydrogen-bond donors (Lipinski definition) is 3. The second-order valence-corrected chi connectivity index (χ2v) is 5.96. The molecule has 4 N–H and O–H groups in total. The fraction of sp³-hybridized carbons (Fsp3) is 0.250. The smallest absolute Gasteiger partial charge is 0.306 e. The second-order valence-electron chi connectivity index (χ2n) is 5.96. The molecule has 142 valence electrons. The summed E-state index contributed by atoms with van der Waals surface area (Å²) in [5.41, 5.74) is 8.13. The highest BCUT2D eigenvalue weighted by Gasteiger charge is 2.14. The average Bonchev–Trinajstić information content (AvgIpc) is 2.65. The molecule has 0 heterocycles. The van der Waals surface area contributed by atoms with E-state index in [2.05, 4.69) is 5.32 Å². The maximum Gasteiger partial charge on any atom is 0.306 e. The highest BCUT2D eigenvalue weighted by Crippen LogP contribution is 2.19. The van der Waals surface area contributed by atoms with Crippen LogP contribution in [-0.4, -0.2) is 31.5 Å². The van der Waals surface area contributed by atoms with E-state index in [4.69, 9.17) is 15.9 Å². The first-order valence-corrected chi connectivity index (χ1v) is 8.64. The number of rotatable bonds is 7. The lowest BCUT2D eigenvalue weighted by Crippen LogP contribution is -2.26. The van der Waals surface area contributed by atoms with Gasteiger partial charge in [-0.25, -0.2) is 0 Å². The van der Waals surface area contributed by atoms with Crippen LogP contribution in [-0.2, 0) is 16.0 Å². The molecule has 0 atom stereocenters. The molecule has 2 aromatic rings. The summed E-state index contributed by atoms with van der Waals surface area (Å²) in [4.78, 5) is 25.7. The van der Waals surface area contributed by atoms with Gasteiger partial charge in [0.15, 0.2) is 5.96 Å². The molecule has 0 saturated heterocycles. The molecular weight excluding hydrogens is 344 g/mol. The van der Waals surface area contributed by atoms with Crippen molar-refractivity contribution in [3.8, 4) is 0 Å². The number of nitrogens with zero attached hydrogens (tertiary/aromatic N) is 1. The maximum absolute atomic E-state index is 12.7. The van der Waals surface area contributed by atoms with Crippen LogP contribution in [0, 0.1) is 5.41 Å². The van der Waals surface area contributed by atoms with Crippen LogP contribution in [0.1, 0.15) is 29.3 Å². The van der Waals surface area contributed by atoms with E-state index in [1.807, 2.05) is 24.3 Å². The number of benzene rings is 2. The van der Waals surface area contributed by atoms with Gasteiger partial charge in [-0.1, -0.05) is 18.2 Å². The van der Waals surface area contributed by atoms with Crippen molar-refractivity contribution in [3.05, 3.63) is 59.7 Å². The van der Waals surface area contributed by atoms with Gasteiger partial charge in [0.05, 0.1) is 6.61 Å². The third-order valence-electron chi connectivity index (χ3n) is 3.94. The van der Waals surface area contributed by atoms with Gasteiger partial charge >= 0.3 is 5.97 Å². The Kier molecular flexibility index (Phi) is 6.93. The fourth-order valence-corrected chi connectivity index (χ4v) is 2.56. The Bertz CT molecular complexity index is 818.